The Balaban J connectivity index is 2.33. The third-order valence-electron chi connectivity index (χ3n) is 3.38. The maximum Gasteiger partial charge on any atom is 0.261 e. The standard InChI is InChI=1S/C14H19NO4/c1-14(17)7-8-15(9-14)13(16)12-10(18-2)5-4-6-11(12)19-3/h4-6,17H,7-9H2,1-3H3. The minimum Gasteiger partial charge on any atom is -0.496 e. The highest BCUT2D eigenvalue weighted by molar-refractivity contribution is 6.00. The Morgan fingerprint density at radius 1 is 1.32 bits per heavy atom. The maximum atomic E-state index is 12.5. The number of aliphatic hydroxyl groups is 1. The van der Waals surface area contributed by atoms with Gasteiger partial charge in [-0.1, -0.05) is 6.07 Å². The van der Waals surface area contributed by atoms with Crippen molar-refractivity contribution in [2.45, 2.75) is 18.9 Å². The Bertz CT molecular complexity index is 462. The number of likely N-dealkylation sites (tertiary alicyclic amines) is 1. The maximum absolute atomic E-state index is 12.5. The summed E-state index contributed by atoms with van der Waals surface area (Å²) in [6.45, 7) is 2.60. The Hall–Kier alpha value is -1.75. The first-order chi connectivity index (χ1) is 8.98. The van der Waals surface area contributed by atoms with E-state index in [1.54, 1.807) is 30.0 Å². The highest BCUT2D eigenvalue weighted by atomic mass is 16.5. The lowest BCUT2D eigenvalue weighted by molar-refractivity contribution is 0.0568. The van der Waals surface area contributed by atoms with Crippen LogP contribution in [-0.2, 0) is 0 Å². The second kappa shape index (κ2) is 5.09. The molecule has 0 aromatic heterocycles. The number of hydrogen-bond donors (Lipinski definition) is 1. The van der Waals surface area contributed by atoms with Gasteiger partial charge in [0.15, 0.2) is 0 Å². The van der Waals surface area contributed by atoms with Crippen molar-refractivity contribution in [3.05, 3.63) is 23.8 Å². The molecule has 5 heteroatoms. The van der Waals surface area contributed by atoms with Gasteiger partial charge in [0.05, 0.1) is 19.8 Å². The van der Waals surface area contributed by atoms with E-state index in [1.807, 2.05) is 0 Å². The van der Waals surface area contributed by atoms with Crippen LogP contribution in [0.1, 0.15) is 23.7 Å². The van der Waals surface area contributed by atoms with Gasteiger partial charge in [0.1, 0.15) is 17.1 Å². The molecule has 1 aromatic carbocycles. The molecular weight excluding hydrogens is 246 g/mol. The molecule has 5 nitrogen and oxygen atoms in total. The van der Waals surface area contributed by atoms with Gasteiger partial charge >= 0.3 is 0 Å². The van der Waals surface area contributed by atoms with Gasteiger partial charge in [-0.05, 0) is 25.5 Å². The summed E-state index contributed by atoms with van der Waals surface area (Å²) in [5.74, 6) is 0.791. The Morgan fingerprint density at radius 2 is 1.89 bits per heavy atom. The molecule has 1 aliphatic rings. The molecule has 0 bridgehead atoms. The Morgan fingerprint density at radius 3 is 2.32 bits per heavy atom. The van der Waals surface area contributed by atoms with E-state index in [-0.39, 0.29) is 5.91 Å². The van der Waals surface area contributed by atoms with Crippen molar-refractivity contribution in [2.24, 2.45) is 0 Å². The zero-order chi connectivity index (χ0) is 14.0. The first-order valence-electron chi connectivity index (χ1n) is 6.21. The first kappa shape index (κ1) is 13.7. The molecule has 1 aliphatic heterocycles. The summed E-state index contributed by atoms with van der Waals surface area (Å²) in [6, 6.07) is 5.22. The highest BCUT2D eigenvalue weighted by Gasteiger charge is 2.36. The van der Waals surface area contributed by atoms with E-state index in [4.69, 9.17) is 9.47 Å². The molecule has 1 N–H and O–H groups in total. The summed E-state index contributed by atoms with van der Waals surface area (Å²) < 4.78 is 10.5. The lowest BCUT2D eigenvalue weighted by Gasteiger charge is -2.21. The minimum absolute atomic E-state index is 0.174. The molecule has 1 atom stereocenters. The Kier molecular flexibility index (Phi) is 3.66. The molecule has 1 aromatic rings. The normalized spacial score (nSPS) is 22.4. The molecule has 1 fully saturated rings. The van der Waals surface area contributed by atoms with Crippen molar-refractivity contribution in [1.29, 1.82) is 0 Å². The van der Waals surface area contributed by atoms with E-state index in [1.165, 1.54) is 14.2 Å². The van der Waals surface area contributed by atoms with Crippen molar-refractivity contribution in [2.75, 3.05) is 27.3 Å². The number of carbonyl (C=O) groups excluding carboxylic acids is 1. The molecule has 0 saturated carbocycles. The molecule has 0 radical (unpaired) electrons. The molecule has 2 rings (SSSR count). The molecule has 1 amide bonds. The van der Waals surface area contributed by atoms with Gasteiger partial charge in [-0.15, -0.1) is 0 Å². The van der Waals surface area contributed by atoms with Crippen LogP contribution in [0, 0.1) is 0 Å². The lowest BCUT2D eigenvalue weighted by atomic mass is 10.1. The minimum atomic E-state index is -0.815. The third-order valence-corrected chi connectivity index (χ3v) is 3.38. The molecule has 0 aliphatic carbocycles. The topological polar surface area (TPSA) is 59.0 Å². The number of hydrogen-bond acceptors (Lipinski definition) is 4. The van der Waals surface area contributed by atoms with E-state index in [9.17, 15) is 9.90 Å². The molecule has 104 valence electrons. The summed E-state index contributed by atoms with van der Waals surface area (Å²) in [5, 5.41) is 9.96. The van der Waals surface area contributed by atoms with Crippen LogP contribution in [0.15, 0.2) is 18.2 Å². The van der Waals surface area contributed by atoms with Gasteiger partial charge in [0.25, 0.3) is 5.91 Å². The van der Waals surface area contributed by atoms with Gasteiger partial charge in [-0.3, -0.25) is 4.79 Å². The van der Waals surface area contributed by atoms with Gasteiger partial charge in [-0.25, -0.2) is 0 Å². The summed E-state index contributed by atoms with van der Waals surface area (Å²) in [5.41, 5.74) is -0.407. The van der Waals surface area contributed by atoms with Crippen molar-refractivity contribution >= 4 is 5.91 Å². The van der Waals surface area contributed by atoms with Crippen molar-refractivity contribution in [3.63, 3.8) is 0 Å². The fourth-order valence-corrected chi connectivity index (χ4v) is 2.34. The lowest BCUT2D eigenvalue weighted by Crippen LogP contribution is -2.34. The van der Waals surface area contributed by atoms with Gasteiger partial charge < -0.3 is 19.5 Å². The summed E-state index contributed by atoms with van der Waals surface area (Å²) in [6.07, 6.45) is 0.580. The number of rotatable bonds is 3. The number of carbonyl (C=O) groups is 1. The zero-order valence-corrected chi connectivity index (χ0v) is 11.5. The number of amides is 1. The summed E-state index contributed by atoms with van der Waals surface area (Å²) in [7, 11) is 3.04. The number of β-amino-alcohol motifs (C(OH)–C–C–N with tert-alkyl or cyclic N) is 1. The van der Waals surface area contributed by atoms with Gasteiger partial charge in [0, 0.05) is 13.1 Å². The molecule has 0 spiro atoms. The van der Waals surface area contributed by atoms with Crippen molar-refractivity contribution < 1.29 is 19.4 Å². The number of methoxy groups -OCH3 is 2. The zero-order valence-electron chi connectivity index (χ0n) is 11.5. The van der Waals surface area contributed by atoms with Gasteiger partial charge in [-0.2, -0.15) is 0 Å². The fourth-order valence-electron chi connectivity index (χ4n) is 2.34. The van der Waals surface area contributed by atoms with Crippen molar-refractivity contribution in [1.82, 2.24) is 4.90 Å². The average Bonchev–Trinajstić information content (AvgIpc) is 2.77. The SMILES string of the molecule is COc1cccc(OC)c1C(=O)N1CCC(C)(O)C1. The third kappa shape index (κ3) is 2.66. The second-order valence-electron chi connectivity index (χ2n) is 5.01. The van der Waals surface area contributed by atoms with E-state index >= 15 is 0 Å². The number of nitrogens with zero attached hydrogens (tertiary/aromatic N) is 1. The van der Waals surface area contributed by atoms with Crippen LogP contribution in [0.25, 0.3) is 0 Å². The van der Waals surface area contributed by atoms with E-state index < -0.39 is 5.60 Å². The van der Waals surface area contributed by atoms with Gasteiger partial charge in [0.2, 0.25) is 0 Å². The molecule has 1 heterocycles. The number of benzene rings is 1. The highest BCUT2D eigenvalue weighted by Crippen LogP contribution is 2.31. The predicted molar refractivity (Wildman–Crippen MR) is 70.7 cm³/mol. The monoisotopic (exact) mass is 265 g/mol. The van der Waals surface area contributed by atoms with Crippen LogP contribution in [0.3, 0.4) is 0 Å². The van der Waals surface area contributed by atoms with Crippen LogP contribution in [0.5, 0.6) is 11.5 Å². The quantitative estimate of drug-likeness (QED) is 0.895. The smallest absolute Gasteiger partial charge is 0.261 e. The summed E-state index contributed by atoms with van der Waals surface area (Å²) in [4.78, 5) is 14.2. The Labute approximate surface area is 112 Å². The van der Waals surface area contributed by atoms with E-state index in [0.717, 1.165) is 0 Å². The summed E-state index contributed by atoms with van der Waals surface area (Å²) >= 11 is 0. The second-order valence-corrected chi connectivity index (χ2v) is 5.01. The average molecular weight is 265 g/mol. The largest absolute Gasteiger partial charge is 0.496 e. The van der Waals surface area contributed by atoms with E-state index in [2.05, 4.69) is 0 Å². The predicted octanol–water partition coefficient (Wildman–Crippen LogP) is 1.30. The van der Waals surface area contributed by atoms with Crippen molar-refractivity contribution in [3.8, 4) is 11.5 Å². The van der Waals surface area contributed by atoms with Crippen LogP contribution in [0.2, 0.25) is 0 Å². The van der Waals surface area contributed by atoms with Crippen LogP contribution < -0.4 is 9.47 Å². The molecule has 1 unspecified atom stereocenters. The molecule has 19 heavy (non-hydrogen) atoms. The number of ether oxygens (including phenoxy) is 2. The first-order valence-corrected chi connectivity index (χ1v) is 6.21. The van der Waals surface area contributed by atoms with Crippen LogP contribution in [-0.4, -0.2) is 48.8 Å². The molecular formula is C14H19NO4. The fraction of sp³-hybridized carbons (Fsp3) is 0.500. The molecule has 1 saturated heterocycles. The van der Waals surface area contributed by atoms with E-state index in [0.29, 0.717) is 36.6 Å². The van der Waals surface area contributed by atoms with Crippen LogP contribution >= 0.6 is 0 Å². The van der Waals surface area contributed by atoms with Crippen LogP contribution in [0.4, 0.5) is 0 Å².